The standard InChI is InChI=1S/C11H18NO5/c1-5-16-9(14)8(6-7-13)12-10(15)17-11(2,3)4/h8H,5-6H2,1-4H3,(H,12,15)/t8-/m0/s1. The summed E-state index contributed by atoms with van der Waals surface area (Å²) in [4.78, 5) is 33.0. The number of rotatable bonds is 5. The molecule has 0 saturated heterocycles. The normalized spacial score (nSPS) is 12.5. The molecule has 0 aliphatic carbocycles. The maximum absolute atomic E-state index is 11.4. The Bertz CT molecular complexity index is 282. The van der Waals surface area contributed by atoms with Gasteiger partial charge in [0.2, 0.25) is 6.29 Å². The number of esters is 1. The molecule has 0 aliphatic rings. The zero-order valence-electron chi connectivity index (χ0n) is 10.5. The Hall–Kier alpha value is -1.59. The first-order valence-electron chi connectivity index (χ1n) is 5.31. The smallest absolute Gasteiger partial charge is 0.408 e. The second kappa shape index (κ2) is 6.88. The van der Waals surface area contributed by atoms with E-state index in [9.17, 15) is 14.4 Å². The molecular formula is C11H18NO5. The van der Waals surface area contributed by atoms with Gasteiger partial charge in [-0.2, -0.15) is 0 Å². The Labute approximate surface area is 101 Å². The monoisotopic (exact) mass is 244 g/mol. The van der Waals surface area contributed by atoms with Gasteiger partial charge in [-0.05, 0) is 27.7 Å². The van der Waals surface area contributed by atoms with E-state index in [-0.39, 0.29) is 13.0 Å². The van der Waals surface area contributed by atoms with Crippen molar-refractivity contribution >= 4 is 18.3 Å². The molecule has 0 aliphatic heterocycles. The van der Waals surface area contributed by atoms with E-state index < -0.39 is 23.7 Å². The van der Waals surface area contributed by atoms with E-state index in [4.69, 9.17) is 9.47 Å². The van der Waals surface area contributed by atoms with Crippen LogP contribution < -0.4 is 5.32 Å². The molecule has 0 bridgehead atoms. The third kappa shape index (κ3) is 7.32. The lowest BCUT2D eigenvalue weighted by atomic mass is 10.2. The highest BCUT2D eigenvalue weighted by molar-refractivity contribution is 5.83. The third-order valence-corrected chi connectivity index (χ3v) is 1.55. The molecule has 0 aromatic rings. The fourth-order valence-electron chi connectivity index (χ4n) is 0.969. The molecule has 0 fully saturated rings. The topological polar surface area (TPSA) is 81.7 Å². The van der Waals surface area contributed by atoms with Crippen molar-refractivity contribution in [2.24, 2.45) is 0 Å². The molecule has 0 rings (SSSR count). The van der Waals surface area contributed by atoms with Gasteiger partial charge in [-0.1, -0.05) is 0 Å². The minimum absolute atomic E-state index is 0.171. The highest BCUT2D eigenvalue weighted by Crippen LogP contribution is 2.07. The first-order chi connectivity index (χ1) is 7.80. The summed E-state index contributed by atoms with van der Waals surface area (Å²) in [5.74, 6) is -0.679. The zero-order chi connectivity index (χ0) is 13.5. The van der Waals surface area contributed by atoms with Crippen LogP contribution in [-0.4, -0.2) is 36.6 Å². The van der Waals surface area contributed by atoms with Gasteiger partial charge in [-0.15, -0.1) is 0 Å². The van der Waals surface area contributed by atoms with Crippen LogP contribution in [0.1, 0.15) is 34.1 Å². The number of hydrogen-bond acceptors (Lipinski definition) is 5. The van der Waals surface area contributed by atoms with Gasteiger partial charge in [0.1, 0.15) is 11.6 Å². The molecule has 1 radical (unpaired) electrons. The van der Waals surface area contributed by atoms with Crippen LogP contribution in [0.4, 0.5) is 4.79 Å². The van der Waals surface area contributed by atoms with Crippen molar-refractivity contribution in [1.82, 2.24) is 5.32 Å². The summed E-state index contributed by atoms with van der Waals surface area (Å²) in [6.45, 7) is 6.88. The summed E-state index contributed by atoms with van der Waals surface area (Å²) in [5.41, 5.74) is -0.672. The predicted octanol–water partition coefficient (Wildman–Crippen LogP) is 0.943. The lowest BCUT2D eigenvalue weighted by molar-refractivity contribution is -0.145. The van der Waals surface area contributed by atoms with Crippen LogP contribution in [-0.2, 0) is 19.1 Å². The van der Waals surface area contributed by atoms with E-state index in [1.165, 1.54) is 0 Å². The molecule has 0 aromatic heterocycles. The average Bonchev–Trinajstić information content (AvgIpc) is 2.14. The second-order valence-electron chi connectivity index (χ2n) is 4.30. The average molecular weight is 244 g/mol. The molecule has 0 spiro atoms. The largest absolute Gasteiger partial charge is 0.464 e. The predicted molar refractivity (Wildman–Crippen MR) is 60.1 cm³/mol. The number of hydrogen-bond donors (Lipinski definition) is 1. The first-order valence-corrected chi connectivity index (χ1v) is 5.31. The van der Waals surface area contributed by atoms with E-state index in [1.54, 1.807) is 34.0 Å². The summed E-state index contributed by atoms with van der Waals surface area (Å²) in [7, 11) is 0. The molecular weight excluding hydrogens is 226 g/mol. The van der Waals surface area contributed by atoms with Crippen LogP contribution in [0.25, 0.3) is 0 Å². The van der Waals surface area contributed by atoms with Gasteiger partial charge in [0.15, 0.2) is 0 Å². The first kappa shape index (κ1) is 15.4. The number of carbonyl (C=O) groups excluding carboxylic acids is 3. The van der Waals surface area contributed by atoms with E-state index in [1.807, 2.05) is 0 Å². The van der Waals surface area contributed by atoms with Crippen molar-refractivity contribution in [2.75, 3.05) is 6.61 Å². The zero-order valence-corrected chi connectivity index (χ0v) is 10.5. The van der Waals surface area contributed by atoms with Gasteiger partial charge >= 0.3 is 12.1 Å². The summed E-state index contributed by atoms with van der Waals surface area (Å²) in [6, 6.07) is -1.05. The molecule has 1 amide bonds. The number of amides is 1. The van der Waals surface area contributed by atoms with Crippen molar-refractivity contribution in [3.05, 3.63) is 0 Å². The van der Waals surface area contributed by atoms with Crippen molar-refractivity contribution < 1.29 is 23.9 Å². The molecule has 17 heavy (non-hydrogen) atoms. The molecule has 0 unspecified atom stereocenters. The van der Waals surface area contributed by atoms with Crippen molar-refractivity contribution in [3.63, 3.8) is 0 Å². The minimum Gasteiger partial charge on any atom is -0.464 e. The van der Waals surface area contributed by atoms with Gasteiger partial charge in [0, 0.05) is 6.42 Å². The minimum atomic E-state index is -1.05. The van der Waals surface area contributed by atoms with Crippen molar-refractivity contribution in [2.45, 2.75) is 45.8 Å². The highest BCUT2D eigenvalue weighted by Gasteiger charge is 2.25. The van der Waals surface area contributed by atoms with Crippen LogP contribution in [0, 0.1) is 0 Å². The summed E-state index contributed by atoms with van der Waals surface area (Å²) in [5, 5.41) is 2.26. The second-order valence-corrected chi connectivity index (χ2v) is 4.30. The number of ether oxygens (including phenoxy) is 2. The summed E-state index contributed by atoms with van der Waals surface area (Å²) >= 11 is 0. The summed E-state index contributed by atoms with van der Waals surface area (Å²) in [6.07, 6.45) is 0.516. The van der Waals surface area contributed by atoms with Gasteiger partial charge < -0.3 is 14.8 Å². The molecule has 0 saturated carbocycles. The van der Waals surface area contributed by atoms with Gasteiger partial charge in [0.25, 0.3) is 0 Å². The van der Waals surface area contributed by atoms with E-state index in [0.717, 1.165) is 0 Å². The van der Waals surface area contributed by atoms with E-state index >= 15 is 0 Å². The third-order valence-electron chi connectivity index (χ3n) is 1.55. The highest BCUT2D eigenvalue weighted by atomic mass is 16.6. The number of carbonyl (C=O) groups is 2. The fourth-order valence-corrected chi connectivity index (χ4v) is 0.969. The van der Waals surface area contributed by atoms with Gasteiger partial charge in [-0.25, -0.2) is 9.59 Å². The Balaban J connectivity index is 4.39. The van der Waals surface area contributed by atoms with Crippen molar-refractivity contribution in [3.8, 4) is 0 Å². The van der Waals surface area contributed by atoms with Crippen LogP contribution in [0.3, 0.4) is 0 Å². The van der Waals surface area contributed by atoms with Gasteiger partial charge in [0.05, 0.1) is 6.61 Å². The van der Waals surface area contributed by atoms with Crippen LogP contribution in [0.5, 0.6) is 0 Å². The molecule has 97 valence electrons. The maximum Gasteiger partial charge on any atom is 0.408 e. The Morgan fingerprint density at radius 2 is 1.94 bits per heavy atom. The molecule has 6 nitrogen and oxygen atoms in total. The number of nitrogens with one attached hydrogen (secondary N) is 1. The molecule has 0 heterocycles. The fraction of sp³-hybridized carbons (Fsp3) is 0.727. The van der Waals surface area contributed by atoms with Gasteiger partial charge in [-0.3, -0.25) is 4.79 Å². The lowest BCUT2D eigenvalue weighted by Crippen LogP contribution is -2.44. The van der Waals surface area contributed by atoms with Crippen LogP contribution >= 0.6 is 0 Å². The Morgan fingerprint density at radius 3 is 2.35 bits per heavy atom. The molecule has 0 aromatic carbocycles. The quantitative estimate of drug-likeness (QED) is 0.728. The molecule has 1 atom stereocenters. The number of alkyl carbamates (subject to hydrolysis) is 1. The molecule has 1 N–H and O–H groups in total. The summed E-state index contributed by atoms with van der Waals surface area (Å²) < 4.78 is 9.65. The van der Waals surface area contributed by atoms with E-state index in [0.29, 0.717) is 0 Å². The molecule has 6 heteroatoms. The SMILES string of the molecule is CCOC(=O)[C@H](C[C]=O)NC(=O)OC(C)(C)C. The lowest BCUT2D eigenvalue weighted by Gasteiger charge is -2.21. The Morgan fingerprint density at radius 1 is 1.35 bits per heavy atom. The van der Waals surface area contributed by atoms with Crippen LogP contribution in [0.2, 0.25) is 0 Å². The Kier molecular flexibility index (Phi) is 6.23. The van der Waals surface area contributed by atoms with Crippen molar-refractivity contribution in [1.29, 1.82) is 0 Å². The van der Waals surface area contributed by atoms with E-state index in [2.05, 4.69) is 5.32 Å². The van der Waals surface area contributed by atoms with Crippen LogP contribution in [0.15, 0.2) is 0 Å². The maximum atomic E-state index is 11.4.